The SMILES string of the molecule is CCC1C=C(C2C=C(C)N(C)N2)C=CC1. The maximum Gasteiger partial charge on any atom is 0.0709 e. The summed E-state index contributed by atoms with van der Waals surface area (Å²) in [7, 11) is 2.07. The van der Waals surface area contributed by atoms with Gasteiger partial charge in [0.15, 0.2) is 0 Å². The van der Waals surface area contributed by atoms with Crippen molar-refractivity contribution in [2.24, 2.45) is 5.92 Å². The second kappa shape index (κ2) is 4.23. The minimum absolute atomic E-state index is 0.376. The van der Waals surface area contributed by atoms with E-state index in [1.54, 1.807) is 0 Å². The number of allylic oxidation sites excluding steroid dienone is 3. The Bertz CT molecular complexity index is 325. The van der Waals surface area contributed by atoms with Crippen LogP contribution in [0.5, 0.6) is 0 Å². The van der Waals surface area contributed by atoms with E-state index >= 15 is 0 Å². The second-order valence-electron chi connectivity index (χ2n) is 4.45. The smallest absolute Gasteiger partial charge is 0.0709 e. The Hall–Kier alpha value is -1.02. The zero-order chi connectivity index (χ0) is 10.8. The highest BCUT2D eigenvalue weighted by Crippen LogP contribution is 2.24. The van der Waals surface area contributed by atoms with Crippen LogP contribution in [0.3, 0.4) is 0 Å². The van der Waals surface area contributed by atoms with Crippen LogP contribution in [0.2, 0.25) is 0 Å². The molecule has 0 saturated heterocycles. The average Bonchev–Trinajstić information content (AvgIpc) is 2.59. The van der Waals surface area contributed by atoms with E-state index in [1.165, 1.54) is 24.1 Å². The van der Waals surface area contributed by atoms with Gasteiger partial charge in [-0.1, -0.05) is 25.2 Å². The van der Waals surface area contributed by atoms with Crippen molar-refractivity contribution in [3.63, 3.8) is 0 Å². The highest BCUT2D eigenvalue weighted by atomic mass is 15.5. The summed E-state index contributed by atoms with van der Waals surface area (Å²) in [4.78, 5) is 0. The topological polar surface area (TPSA) is 15.3 Å². The van der Waals surface area contributed by atoms with E-state index in [4.69, 9.17) is 0 Å². The zero-order valence-corrected chi connectivity index (χ0v) is 9.83. The van der Waals surface area contributed by atoms with Crippen LogP contribution in [-0.2, 0) is 0 Å². The van der Waals surface area contributed by atoms with Crippen LogP contribution < -0.4 is 5.43 Å². The molecule has 0 amide bonds. The first-order valence-electron chi connectivity index (χ1n) is 5.77. The lowest BCUT2D eigenvalue weighted by Crippen LogP contribution is -2.34. The van der Waals surface area contributed by atoms with Crippen LogP contribution in [0.4, 0.5) is 0 Å². The van der Waals surface area contributed by atoms with Gasteiger partial charge < -0.3 is 5.01 Å². The maximum absolute atomic E-state index is 3.44. The molecular weight excluding hydrogens is 184 g/mol. The normalized spacial score (nSPS) is 30.5. The Labute approximate surface area is 92.3 Å². The molecule has 0 bridgehead atoms. The highest BCUT2D eigenvalue weighted by Gasteiger charge is 2.21. The Morgan fingerprint density at radius 1 is 1.47 bits per heavy atom. The Kier molecular flexibility index (Phi) is 2.96. The third kappa shape index (κ3) is 2.15. The minimum Gasteiger partial charge on any atom is -0.315 e. The lowest BCUT2D eigenvalue weighted by molar-refractivity contribution is 0.322. The fourth-order valence-electron chi connectivity index (χ4n) is 2.14. The molecule has 15 heavy (non-hydrogen) atoms. The first-order chi connectivity index (χ1) is 7.20. The van der Waals surface area contributed by atoms with Crippen molar-refractivity contribution in [1.82, 2.24) is 10.4 Å². The van der Waals surface area contributed by atoms with Crippen LogP contribution >= 0.6 is 0 Å². The lowest BCUT2D eigenvalue weighted by atomic mass is 9.91. The van der Waals surface area contributed by atoms with E-state index in [1.807, 2.05) is 0 Å². The minimum atomic E-state index is 0.376. The molecule has 0 radical (unpaired) electrons. The monoisotopic (exact) mass is 204 g/mol. The molecule has 0 saturated carbocycles. The molecule has 0 spiro atoms. The number of nitrogens with zero attached hydrogens (tertiary/aromatic N) is 1. The van der Waals surface area contributed by atoms with Crippen molar-refractivity contribution in [3.05, 3.63) is 35.6 Å². The van der Waals surface area contributed by atoms with Gasteiger partial charge in [-0.05, 0) is 37.3 Å². The Morgan fingerprint density at radius 2 is 2.27 bits per heavy atom. The Morgan fingerprint density at radius 3 is 2.87 bits per heavy atom. The maximum atomic E-state index is 3.44. The van der Waals surface area contributed by atoms with Gasteiger partial charge in [-0.3, -0.25) is 0 Å². The van der Waals surface area contributed by atoms with Crippen molar-refractivity contribution < 1.29 is 0 Å². The van der Waals surface area contributed by atoms with E-state index < -0.39 is 0 Å². The van der Waals surface area contributed by atoms with E-state index in [2.05, 4.69) is 55.6 Å². The van der Waals surface area contributed by atoms with Gasteiger partial charge >= 0.3 is 0 Å². The molecule has 1 heterocycles. The van der Waals surface area contributed by atoms with Crippen molar-refractivity contribution in [3.8, 4) is 0 Å². The molecule has 1 aliphatic carbocycles. The number of hydrazine groups is 1. The van der Waals surface area contributed by atoms with Crippen molar-refractivity contribution in [1.29, 1.82) is 0 Å². The van der Waals surface area contributed by atoms with Gasteiger partial charge in [0.1, 0.15) is 0 Å². The van der Waals surface area contributed by atoms with Gasteiger partial charge in [-0.25, -0.2) is 5.43 Å². The zero-order valence-electron chi connectivity index (χ0n) is 9.83. The number of nitrogens with one attached hydrogen (secondary N) is 1. The summed E-state index contributed by atoms with van der Waals surface area (Å²) in [5.41, 5.74) is 6.15. The van der Waals surface area contributed by atoms with E-state index in [0.29, 0.717) is 6.04 Å². The molecule has 82 valence electrons. The van der Waals surface area contributed by atoms with Crippen LogP contribution in [0.15, 0.2) is 35.6 Å². The first-order valence-corrected chi connectivity index (χ1v) is 5.77. The molecule has 1 aliphatic heterocycles. The summed E-state index contributed by atoms with van der Waals surface area (Å²) >= 11 is 0. The van der Waals surface area contributed by atoms with Crippen molar-refractivity contribution in [2.45, 2.75) is 32.7 Å². The summed E-state index contributed by atoms with van der Waals surface area (Å²) in [5, 5.41) is 2.09. The molecule has 0 aromatic rings. The average molecular weight is 204 g/mol. The molecule has 1 N–H and O–H groups in total. The first kappa shape index (κ1) is 10.5. The molecule has 0 aromatic carbocycles. The lowest BCUT2D eigenvalue weighted by Gasteiger charge is -2.21. The molecule has 2 nitrogen and oxygen atoms in total. The van der Waals surface area contributed by atoms with Gasteiger partial charge in [0.2, 0.25) is 0 Å². The summed E-state index contributed by atoms with van der Waals surface area (Å²) < 4.78 is 0. The summed E-state index contributed by atoms with van der Waals surface area (Å²) in [5.74, 6) is 0.728. The molecule has 2 atom stereocenters. The molecule has 2 rings (SSSR count). The molecule has 2 unspecified atom stereocenters. The van der Waals surface area contributed by atoms with Crippen LogP contribution in [0.25, 0.3) is 0 Å². The molecular formula is C13H20N2. The predicted octanol–water partition coefficient (Wildman–Crippen LogP) is 2.62. The third-order valence-corrected chi connectivity index (χ3v) is 3.33. The fourth-order valence-corrected chi connectivity index (χ4v) is 2.14. The number of hydrogen-bond acceptors (Lipinski definition) is 2. The highest BCUT2D eigenvalue weighted by molar-refractivity contribution is 5.35. The Balaban J connectivity index is 2.12. The third-order valence-electron chi connectivity index (χ3n) is 3.33. The second-order valence-corrected chi connectivity index (χ2v) is 4.45. The summed E-state index contributed by atoms with van der Waals surface area (Å²) in [6.07, 6.45) is 11.7. The van der Waals surface area contributed by atoms with Gasteiger partial charge in [-0.2, -0.15) is 0 Å². The summed E-state index contributed by atoms with van der Waals surface area (Å²) in [6.45, 7) is 4.39. The largest absolute Gasteiger partial charge is 0.315 e. The van der Waals surface area contributed by atoms with Gasteiger partial charge in [0, 0.05) is 12.7 Å². The summed E-state index contributed by atoms with van der Waals surface area (Å²) in [6, 6.07) is 0.376. The van der Waals surface area contributed by atoms with Gasteiger partial charge in [0.25, 0.3) is 0 Å². The van der Waals surface area contributed by atoms with Crippen LogP contribution in [0.1, 0.15) is 26.7 Å². The van der Waals surface area contributed by atoms with Crippen molar-refractivity contribution in [2.75, 3.05) is 7.05 Å². The van der Waals surface area contributed by atoms with Gasteiger partial charge in [0.05, 0.1) is 6.04 Å². The van der Waals surface area contributed by atoms with Crippen LogP contribution in [0, 0.1) is 5.92 Å². The quantitative estimate of drug-likeness (QED) is 0.744. The molecule has 2 heteroatoms. The molecule has 0 aromatic heterocycles. The molecule has 2 aliphatic rings. The van der Waals surface area contributed by atoms with E-state index in [-0.39, 0.29) is 0 Å². The molecule has 0 fully saturated rings. The van der Waals surface area contributed by atoms with Crippen LogP contribution in [-0.4, -0.2) is 18.1 Å². The van der Waals surface area contributed by atoms with Crippen molar-refractivity contribution >= 4 is 0 Å². The van der Waals surface area contributed by atoms with E-state index in [0.717, 1.165) is 5.92 Å². The number of rotatable bonds is 2. The number of hydrogen-bond donors (Lipinski definition) is 1. The predicted molar refractivity (Wildman–Crippen MR) is 64.1 cm³/mol. The standard InChI is InChI=1S/C13H20N2/c1-4-11-6-5-7-12(9-11)13-8-10(2)15(3)14-13/h5,7-9,11,13-14H,4,6H2,1-3H3. The van der Waals surface area contributed by atoms with E-state index in [9.17, 15) is 0 Å². The van der Waals surface area contributed by atoms with Gasteiger partial charge in [-0.15, -0.1) is 0 Å². The fraction of sp³-hybridized carbons (Fsp3) is 0.538.